The summed E-state index contributed by atoms with van der Waals surface area (Å²) in [6, 6.07) is 5.25. The number of non-ortho nitro benzene ring substituents is 1. The van der Waals surface area contributed by atoms with Crippen molar-refractivity contribution in [2.45, 2.75) is 0 Å². The lowest BCUT2D eigenvalue weighted by Gasteiger charge is -1.98. The minimum atomic E-state index is -3.76. The van der Waals surface area contributed by atoms with Crippen LogP contribution in [0.5, 0.6) is 0 Å². The minimum Gasteiger partial charge on any atom is -0.267 e. The third-order valence-electron chi connectivity index (χ3n) is 1.55. The van der Waals surface area contributed by atoms with E-state index in [0.29, 0.717) is 0 Å². The van der Waals surface area contributed by atoms with E-state index < -0.39 is 15.0 Å². The van der Waals surface area contributed by atoms with Crippen molar-refractivity contribution >= 4 is 32.6 Å². The second-order valence-corrected chi connectivity index (χ2v) is 4.88. The molecule has 7 nitrogen and oxygen atoms in total. The van der Waals surface area contributed by atoms with Crippen molar-refractivity contribution in [2.75, 3.05) is 6.26 Å². The Morgan fingerprint density at radius 1 is 1.53 bits per heavy atom. The van der Waals surface area contributed by atoms with E-state index in [2.05, 4.69) is 9.44 Å². The van der Waals surface area contributed by atoms with Gasteiger partial charge in [0.25, 0.3) is 5.69 Å². The molecule has 1 aromatic carbocycles. The summed E-state index contributed by atoms with van der Waals surface area (Å²) in [6.45, 7) is 0. The molecule has 9 heteroatoms. The van der Waals surface area contributed by atoms with E-state index in [4.69, 9.17) is 11.6 Å². The first-order chi connectivity index (χ1) is 7.79. The summed E-state index contributed by atoms with van der Waals surface area (Å²) in [7, 11) is -3.76. The second-order valence-electron chi connectivity index (χ2n) is 2.97. The van der Waals surface area contributed by atoms with E-state index in [-0.39, 0.29) is 16.4 Å². The van der Waals surface area contributed by atoms with E-state index in [1.807, 2.05) is 0 Å². The van der Waals surface area contributed by atoms with Crippen LogP contribution in [0.1, 0.15) is 5.56 Å². The SMILES string of the molecule is CS(=O)(=O)O/N=C(/Cl)c1cccc([N+](=O)[O-])c1. The quantitative estimate of drug-likeness (QED) is 0.472. The van der Waals surface area contributed by atoms with Crippen LogP contribution in [0.25, 0.3) is 0 Å². The number of nitro benzene ring substituents is 1. The number of benzene rings is 1. The maximum absolute atomic E-state index is 10.6. The first-order valence-electron chi connectivity index (χ1n) is 4.16. The zero-order valence-electron chi connectivity index (χ0n) is 8.53. The van der Waals surface area contributed by atoms with Crippen LogP contribution in [-0.2, 0) is 14.4 Å². The van der Waals surface area contributed by atoms with Gasteiger partial charge in [-0.05, 0) is 0 Å². The second kappa shape index (κ2) is 5.11. The fourth-order valence-corrected chi connectivity index (χ4v) is 1.30. The Hall–Kier alpha value is -1.67. The molecule has 0 aliphatic heterocycles. The van der Waals surface area contributed by atoms with Crippen molar-refractivity contribution in [1.29, 1.82) is 0 Å². The van der Waals surface area contributed by atoms with Gasteiger partial charge >= 0.3 is 10.1 Å². The molecule has 0 amide bonds. The maximum atomic E-state index is 10.6. The summed E-state index contributed by atoms with van der Waals surface area (Å²) < 4.78 is 25.4. The number of hydrogen-bond acceptors (Lipinski definition) is 6. The molecule has 0 saturated carbocycles. The van der Waals surface area contributed by atoms with Crippen LogP contribution in [-0.4, -0.2) is 24.8 Å². The van der Waals surface area contributed by atoms with Crippen LogP contribution in [0.2, 0.25) is 0 Å². The highest BCUT2D eigenvalue weighted by atomic mass is 35.5. The molecule has 0 heterocycles. The molecular weight excluding hydrogens is 272 g/mol. The van der Waals surface area contributed by atoms with E-state index >= 15 is 0 Å². The highest BCUT2D eigenvalue weighted by Gasteiger charge is 2.10. The Bertz CT molecular complexity index is 569. The van der Waals surface area contributed by atoms with Gasteiger partial charge in [0.15, 0.2) is 5.17 Å². The van der Waals surface area contributed by atoms with Gasteiger partial charge in [-0.25, -0.2) is 0 Å². The number of nitrogens with zero attached hydrogens (tertiary/aromatic N) is 2. The molecular formula is C8H7ClN2O5S. The minimum absolute atomic E-state index is 0.185. The molecule has 0 aromatic heterocycles. The van der Waals surface area contributed by atoms with Gasteiger partial charge in [0.1, 0.15) is 0 Å². The number of hydrogen-bond donors (Lipinski definition) is 0. The maximum Gasteiger partial charge on any atom is 0.325 e. The van der Waals surface area contributed by atoms with Gasteiger partial charge < -0.3 is 0 Å². The molecule has 0 saturated heterocycles. The lowest BCUT2D eigenvalue weighted by molar-refractivity contribution is -0.384. The topological polar surface area (TPSA) is 98.9 Å². The predicted molar refractivity (Wildman–Crippen MR) is 61.4 cm³/mol. The zero-order valence-corrected chi connectivity index (χ0v) is 10.1. The lowest BCUT2D eigenvalue weighted by atomic mass is 10.2. The van der Waals surface area contributed by atoms with Crippen LogP contribution in [0.15, 0.2) is 29.4 Å². The molecule has 0 atom stereocenters. The molecule has 0 unspecified atom stereocenters. The Labute approximate surface area is 102 Å². The average molecular weight is 279 g/mol. The largest absolute Gasteiger partial charge is 0.325 e. The van der Waals surface area contributed by atoms with Crippen molar-refractivity contribution in [3.63, 3.8) is 0 Å². The Kier molecular flexibility index (Phi) is 4.02. The number of halogens is 1. The molecule has 0 aliphatic carbocycles. The van der Waals surface area contributed by atoms with Crippen molar-refractivity contribution < 1.29 is 17.6 Å². The van der Waals surface area contributed by atoms with Gasteiger partial charge in [-0.3, -0.25) is 14.4 Å². The summed E-state index contributed by atoms with van der Waals surface area (Å²) in [6.07, 6.45) is 0.800. The molecule has 1 rings (SSSR count). The first kappa shape index (κ1) is 13.4. The number of oxime groups is 1. The van der Waals surface area contributed by atoms with Crippen molar-refractivity contribution in [2.24, 2.45) is 5.16 Å². The van der Waals surface area contributed by atoms with E-state index in [1.165, 1.54) is 18.2 Å². The van der Waals surface area contributed by atoms with Gasteiger partial charge in [-0.1, -0.05) is 28.9 Å². The highest BCUT2D eigenvalue weighted by molar-refractivity contribution is 7.85. The van der Waals surface area contributed by atoms with E-state index in [0.717, 1.165) is 12.3 Å². The summed E-state index contributed by atoms with van der Waals surface area (Å²) in [5.41, 5.74) is -0.000257. The lowest BCUT2D eigenvalue weighted by Crippen LogP contribution is -2.00. The average Bonchev–Trinajstić information content (AvgIpc) is 2.25. The normalized spacial score (nSPS) is 12.2. The van der Waals surface area contributed by atoms with Crippen molar-refractivity contribution in [3.05, 3.63) is 39.9 Å². The van der Waals surface area contributed by atoms with Crippen molar-refractivity contribution in [1.82, 2.24) is 0 Å². The fourth-order valence-electron chi connectivity index (χ4n) is 0.901. The van der Waals surface area contributed by atoms with Crippen molar-refractivity contribution in [3.8, 4) is 0 Å². The van der Waals surface area contributed by atoms with Gasteiger partial charge in [-0.15, -0.1) is 0 Å². The van der Waals surface area contributed by atoms with E-state index in [9.17, 15) is 18.5 Å². The molecule has 0 spiro atoms. The van der Waals surface area contributed by atoms with E-state index in [1.54, 1.807) is 0 Å². The van der Waals surface area contributed by atoms with Crippen LogP contribution >= 0.6 is 11.6 Å². The predicted octanol–water partition coefficient (Wildman–Crippen LogP) is 1.47. The smallest absolute Gasteiger partial charge is 0.267 e. The third-order valence-corrected chi connectivity index (χ3v) is 2.18. The molecule has 0 fully saturated rings. The summed E-state index contributed by atoms with van der Waals surface area (Å²) in [5.74, 6) is 0. The molecule has 0 bridgehead atoms. The van der Waals surface area contributed by atoms with Crippen LogP contribution < -0.4 is 0 Å². The number of nitro groups is 1. The molecule has 0 aliphatic rings. The Morgan fingerprint density at radius 2 is 2.18 bits per heavy atom. The molecule has 92 valence electrons. The fraction of sp³-hybridized carbons (Fsp3) is 0.125. The number of rotatable bonds is 4. The zero-order chi connectivity index (χ0) is 13.1. The summed E-state index contributed by atoms with van der Waals surface area (Å²) in [5, 5.41) is 13.3. The van der Waals surface area contributed by atoms with Gasteiger partial charge in [-0.2, -0.15) is 8.42 Å². The standard InChI is InChI=1S/C8H7ClN2O5S/c1-17(14,15)16-10-8(9)6-3-2-4-7(5-6)11(12)13/h2-5H,1H3/b10-8+. The highest BCUT2D eigenvalue weighted by Crippen LogP contribution is 2.15. The van der Waals surface area contributed by atoms with Gasteiger partial charge in [0.05, 0.1) is 11.2 Å². The monoisotopic (exact) mass is 278 g/mol. The Balaban J connectivity index is 3.00. The Morgan fingerprint density at radius 3 is 2.71 bits per heavy atom. The molecule has 0 radical (unpaired) electrons. The third kappa shape index (κ3) is 4.37. The van der Waals surface area contributed by atoms with Crippen LogP contribution in [0, 0.1) is 10.1 Å². The summed E-state index contributed by atoms with van der Waals surface area (Å²) in [4.78, 5) is 9.88. The van der Waals surface area contributed by atoms with Crippen LogP contribution in [0.3, 0.4) is 0 Å². The molecule has 0 N–H and O–H groups in total. The molecule has 1 aromatic rings. The molecule has 17 heavy (non-hydrogen) atoms. The van der Waals surface area contributed by atoms with Crippen LogP contribution in [0.4, 0.5) is 5.69 Å². The first-order valence-corrected chi connectivity index (χ1v) is 6.36. The summed E-state index contributed by atoms with van der Waals surface area (Å²) >= 11 is 5.63. The van der Waals surface area contributed by atoms with Gasteiger partial charge in [0.2, 0.25) is 0 Å². The van der Waals surface area contributed by atoms with Gasteiger partial charge in [0, 0.05) is 17.7 Å².